The number of methoxy groups -OCH3 is 2. The van der Waals surface area contributed by atoms with Crippen LogP contribution >= 0.6 is 11.6 Å². The van der Waals surface area contributed by atoms with Crippen LogP contribution < -0.4 is 9.47 Å². The molecule has 0 aromatic heterocycles. The van der Waals surface area contributed by atoms with Gasteiger partial charge in [-0.3, -0.25) is 9.69 Å². The minimum absolute atomic E-state index is 0.211. The van der Waals surface area contributed by atoms with Gasteiger partial charge in [-0.2, -0.15) is 0 Å². The molecule has 0 saturated carbocycles. The predicted octanol–water partition coefficient (Wildman–Crippen LogP) is 4.24. The van der Waals surface area contributed by atoms with Crippen molar-refractivity contribution >= 4 is 17.6 Å². The van der Waals surface area contributed by atoms with E-state index in [0.717, 1.165) is 29.8 Å². The molecule has 0 bridgehead atoms. The summed E-state index contributed by atoms with van der Waals surface area (Å²) in [6.45, 7) is 1.26. The van der Waals surface area contributed by atoms with Gasteiger partial charge in [0.05, 0.1) is 26.2 Å². The first-order valence-electron chi connectivity index (χ1n) is 8.98. The molecule has 1 fully saturated rings. The van der Waals surface area contributed by atoms with Gasteiger partial charge in [-0.05, 0) is 43.7 Å². The highest BCUT2D eigenvalue weighted by Crippen LogP contribution is 2.41. The minimum Gasteiger partial charge on any atom is -0.496 e. The maximum Gasteiger partial charge on any atom is 0.307 e. The normalized spacial score (nSPS) is 18.7. The Bertz CT molecular complexity index is 811. The van der Waals surface area contributed by atoms with E-state index >= 15 is 0 Å². The standard InChI is InChI=1S/C21H24ClNO4/c1-26-18-8-4-3-7-16(18)20(17-12-15(22)9-10-19(17)27-2)23-11-5-6-14(13-23)21(24)25/h3-4,7-10,12,14,20H,5-6,11,13H2,1-2H3,(H,24,25). The van der Waals surface area contributed by atoms with E-state index in [1.807, 2.05) is 36.4 Å². The molecule has 2 unspecified atom stereocenters. The summed E-state index contributed by atoms with van der Waals surface area (Å²) in [6, 6.07) is 13.1. The topological polar surface area (TPSA) is 59.0 Å². The highest BCUT2D eigenvalue weighted by atomic mass is 35.5. The van der Waals surface area contributed by atoms with E-state index in [4.69, 9.17) is 21.1 Å². The quantitative estimate of drug-likeness (QED) is 0.800. The zero-order valence-corrected chi connectivity index (χ0v) is 16.3. The smallest absolute Gasteiger partial charge is 0.307 e. The van der Waals surface area contributed by atoms with Crippen molar-refractivity contribution in [2.24, 2.45) is 5.92 Å². The van der Waals surface area contributed by atoms with Crippen molar-refractivity contribution in [3.63, 3.8) is 0 Å². The first-order chi connectivity index (χ1) is 13.0. The fourth-order valence-corrected chi connectivity index (χ4v) is 4.00. The number of nitrogens with zero attached hydrogens (tertiary/aromatic N) is 1. The second-order valence-corrected chi connectivity index (χ2v) is 7.14. The van der Waals surface area contributed by atoms with Crippen LogP contribution in [0.1, 0.15) is 30.0 Å². The van der Waals surface area contributed by atoms with Crippen LogP contribution in [0.5, 0.6) is 11.5 Å². The van der Waals surface area contributed by atoms with Crippen LogP contribution in [0.2, 0.25) is 5.02 Å². The number of hydrogen-bond donors (Lipinski definition) is 1. The fourth-order valence-electron chi connectivity index (χ4n) is 3.81. The second-order valence-electron chi connectivity index (χ2n) is 6.70. The summed E-state index contributed by atoms with van der Waals surface area (Å²) >= 11 is 6.30. The summed E-state index contributed by atoms with van der Waals surface area (Å²) in [5.74, 6) is 0.326. The average molecular weight is 390 g/mol. The Kier molecular flexibility index (Phi) is 6.24. The Morgan fingerprint density at radius 3 is 2.56 bits per heavy atom. The van der Waals surface area contributed by atoms with Gasteiger partial charge in [0.25, 0.3) is 0 Å². The van der Waals surface area contributed by atoms with Crippen molar-refractivity contribution in [1.82, 2.24) is 4.90 Å². The first-order valence-corrected chi connectivity index (χ1v) is 9.36. The average Bonchev–Trinajstić information content (AvgIpc) is 2.69. The number of hydrogen-bond acceptors (Lipinski definition) is 4. The zero-order valence-electron chi connectivity index (χ0n) is 15.5. The molecule has 0 radical (unpaired) electrons. The monoisotopic (exact) mass is 389 g/mol. The van der Waals surface area contributed by atoms with Crippen LogP contribution in [0, 0.1) is 5.92 Å². The third-order valence-corrected chi connectivity index (χ3v) is 5.32. The molecule has 2 aromatic carbocycles. The van der Waals surface area contributed by atoms with Crippen molar-refractivity contribution in [3.05, 3.63) is 58.6 Å². The highest BCUT2D eigenvalue weighted by molar-refractivity contribution is 6.30. The van der Waals surface area contributed by atoms with Crippen LogP contribution in [-0.4, -0.2) is 43.3 Å². The Labute approximate surface area is 164 Å². The van der Waals surface area contributed by atoms with Gasteiger partial charge in [0, 0.05) is 22.7 Å². The largest absolute Gasteiger partial charge is 0.496 e. The zero-order chi connectivity index (χ0) is 19.4. The SMILES string of the molecule is COc1ccccc1C(c1cc(Cl)ccc1OC)N1CCCC(C(=O)O)C1. The summed E-state index contributed by atoms with van der Waals surface area (Å²) in [4.78, 5) is 13.8. The molecule has 3 rings (SSSR count). The third-order valence-electron chi connectivity index (χ3n) is 5.09. The number of piperidine rings is 1. The fraction of sp³-hybridized carbons (Fsp3) is 0.381. The lowest BCUT2D eigenvalue weighted by Crippen LogP contribution is -2.41. The Morgan fingerprint density at radius 1 is 1.15 bits per heavy atom. The second kappa shape index (κ2) is 8.63. The van der Waals surface area contributed by atoms with Gasteiger partial charge in [-0.25, -0.2) is 0 Å². The van der Waals surface area contributed by atoms with Gasteiger partial charge in [0.15, 0.2) is 0 Å². The Morgan fingerprint density at radius 2 is 1.85 bits per heavy atom. The van der Waals surface area contributed by atoms with Gasteiger partial charge >= 0.3 is 5.97 Å². The number of halogens is 1. The number of aliphatic carboxylic acids is 1. The molecule has 2 atom stereocenters. The number of rotatable bonds is 6. The molecule has 1 saturated heterocycles. The van der Waals surface area contributed by atoms with Gasteiger partial charge in [0.2, 0.25) is 0 Å². The molecule has 144 valence electrons. The lowest BCUT2D eigenvalue weighted by Gasteiger charge is -2.38. The number of ether oxygens (including phenoxy) is 2. The molecule has 1 heterocycles. The molecular formula is C21H24ClNO4. The third kappa shape index (κ3) is 4.20. The minimum atomic E-state index is -0.753. The Hall–Kier alpha value is -2.24. The van der Waals surface area contributed by atoms with Crippen molar-refractivity contribution in [2.75, 3.05) is 27.3 Å². The van der Waals surface area contributed by atoms with Crippen molar-refractivity contribution in [3.8, 4) is 11.5 Å². The number of likely N-dealkylation sites (tertiary alicyclic amines) is 1. The van der Waals surface area contributed by atoms with Crippen molar-refractivity contribution in [1.29, 1.82) is 0 Å². The van der Waals surface area contributed by atoms with E-state index < -0.39 is 5.97 Å². The number of carboxylic acids is 1. The number of benzene rings is 2. The van der Waals surface area contributed by atoms with E-state index in [9.17, 15) is 9.90 Å². The summed E-state index contributed by atoms with van der Waals surface area (Å²) < 4.78 is 11.2. The number of carboxylic acid groups (broad SMARTS) is 1. The maximum atomic E-state index is 11.6. The Balaban J connectivity index is 2.12. The molecule has 2 aromatic rings. The number of para-hydroxylation sites is 1. The molecule has 1 aliphatic rings. The van der Waals surface area contributed by atoms with Gasteiger partial charge in [-0.1, -0.05) is 29.8 Å². The van der Waals surface area contributed by atoms with E-state index in [1.54, 1.807) is 20.3 Å². The summed E-state index contributed by atoms with van der Waals surface area (Å²) in [5, 5.41) is 10.1. The number of carbonyl (C=O) groups is 1. The van der Waals surface area contributed by atoms with E-state index in [0.29, 0.717) is 23.7 Å². The van der Waals surface area contributed by atoms with Crippen LogP contribution in [0.25, 0.3) is 0 Å². The highest BCUT2D eigenvalue weighted by Gasteiger charge is 2.34. The van der Waals surface area contributed by atoms with Gasteiger partial charge < -0.3 is 14.6 Å². The van der Waals surface area contributed by atoms with E-state index in [-0.39, 0.29) is 12.0 Å². The van der Waals surface area contributed by atoms with Crippen LogP contribution in [0.3, 0.4) is 0 Å². The molecular weight excluding hydrogens is 366 g/mol. The summed E-state index contributed by atoms with van der Waals surface area (Å²) in [7, 11) is 3.27. The molecule has 0 spiro atoms. The van der Waals surface area contributed by atoms with E-state index in [2.05, 4.69) is 4.90 Å². The molecule has 27 heavy (non-hydrogen) atoms. The molecule has 1 aliphatic heterocycles. The maximum absolute atomic E-state index is 11.6. The van der Waals surface area contributed by atoms with Crippen LogP contribution in [-0.2, 0) is 4.79 Å². The lowest BCUT2D eigenvalue weighted by atomic mass is 9.90. The molecule has 0 aliphatic carbocycles. The molecule has 0 amide bonds. The molecule has 1 N–H and O–H groups in total. The van der Waals surface area contributed by atoms with Crippen LogP contribution in [0.4, 0.5) is 0 Å². The molecule has 6 heteroatoms. The predicted molar refractivity (Wildman–Crippen MR) is 105 cm³/mol. The van der Waals surface area contributed by atoms with Crippen molar-refractivity contribution in [2.45, 2.75) is 18.9 Å². The van der Waals surface area contributed by atoms with Crippen LogP contribution in [0.15, 0.2) is 42.5 Å². The van der Waals surface area contributed by atoms with Gasteiger partial charge in [-0.15, -0.1) is 0 Å². The summed E-state index contributed by atoms with van der Waals surface area (Å²) in [6.07, 6.45) is 1.52. The summed E-state index contributed by atoms with van der Waals surface area (Å²) in [5.41, 5.74) is 1.87. The van der Waals surface area contributed by atoms with Gasteiger partial charge in [0.1, 0.15) is 11.5 Å². The van der Waals surface area contributed by atoms with Crippen molar-refractivity contribution < 1.29 is 19.4 Å². The lowest BCUT2D eigenvalue weighted by molar-refractivity contribution is -0.143. The van der Waals surface area contributed by atoms with E-state index in [1.165, 1.54) is 0 Å². The molecule has 5 nitrogen and oxygen atoms in total. The first kappa shape index (κ1) is 19.5.